The lowest BCUT2D eigenvalue weighted by Crippen LogP contribution is -2.52. The predicted molar refractivity (Wildman–Crippen MR) is 97.7 cm³/mol. The minimum Gasteiger partial charge on any atom is -0.379 e. The van der Waals surface area contributed by atoms with Crippen LogP contribution in [0.5, 0.6) is 0 Å². The van der Waals surface area contributed by atoms with Gasteiger partial charge in [-0.1, -0.05) is 60.7 Å². The van der Waals surface area contributed by atoms with Gasteiger partial charge in [0.2, 0.25) is 0 Å². The Morgan fingerprint density at radius 3 is 2.15 bits per heavy atom. The molecule has 1 aliphatic heterocycles. The standard InChI is InChI=1S/C21H25FO5/c1-24-20-21(23,15-22)19(26-13-17-10-6-3-7-11-17)18(27-20)14-25-12-16-8-4-2-5-9-16/h2-11,18-20,23H,12-15H2,1H3. The molecule has 27 heavy (non-hydrogen) atoms. The van der Waals surface area contributed by atoms with Crippen molar-refractivity contribution in [3.05, 3.63) is 71.8 Å². The highest BCUT2D eigenvalue weighted by Gasteiger charge is 2.57. The molecular formula is C21H25FO5. The third kappa shape index (κ3) is 4.72. The first-order chi connectivity index (χ1) is 13.2. The van der Waals surface area contributed by atoms with Crippen molar-refractivity contribution in [1.29, 1.82) is 0 Å². The molecule has 1 fully saturated rings. The molecule has 0 aromatic heterocycles. The second-order valence-corrected chi connectivity index (χ2v) is 6.58. The molecule has 3 rings (SSSR count). The number of halogens is 1. The van der Waals surface area contributed by atoms with E-state index < -0.39 is 30.8 Å². The van der Waals surface area contributed by atoms with Crippen molar-refractivity contribution in [2.75, 3.05) is 20.4 Å². The average molecular weight is 376 g/mol. The van der Waals surface area contributed by atoms with Gasteiger partial charge in [0, 0.05) is 7.11 Å². The lowest BCUT2D eigenvalue weighted by Gasteiger charge is -2.30. The second kappa shape index (κ2) is 9.39. The number of ether oxygens (including phenoxy) is 4. The first-order valence-corrected chi connectivity index (χ1v) is 8.91. The van der Waals surface area contributed by atoms with E-state index in [0.717, 1.165) is 11.1 Å². The van der Waals surface area contributed by atoms with Crippen LogP contribution in [0.2, 0.25) is 0 Å². The summed E-state index contributed by atoms with van der Waals surface area (Å²) in [6, 6.07) is 19.2. The maximum absolute atomic E-state index is 13.7. The highest BCUT2D eigenvalue weighted by molar-refractivity contribution is 5.14. The molecule has 0 radical (unpaired) electrons. The number of alkyl halides is 1. The van der Waals surface area contributed by atoms with Crippen LogP contribution >= 0.6 is 0 Å². The predicted octanol–water partition coefficient (Wildman–Crippen LogP) is 2.86. The van der Waals surface area contributed by atoms with Gasteiger partial charge in [-0.25, -0.2) is 4.39 Å². The van der Waals surface area contributed by atoms with Crippen LogP contribution < -0.4 is 0 Å². The monoisotopic (exact) mass is 376 g/mol. The summed E-state index contributed by atoms with van der Waals surface area (Å²) >= 11 is 0. The zero-order valence-electron chi connectivity index (χ0n) is 15.3. The number of benzene rings is 2. The SMILES string of the molecule is COC1OC(COCc2ccccc2)C(OCc2ccccc2)C1(O)CF. The zero-order chi connectivity index (χ0) is 19.1. The summed E-state index contributed by atoms with van der Waals surface area (Å²) in [7, 11) is 1.37. The van der Waals surface area contributed by atoms with Crippen molar-refractivity contribution in [3.8, 4) is 0 Å². The van der Waals surface area contributed by atoms with Gasteiger partial charge in [-0.2, -0.15) is 0 Å². The third-order valence-electron chi connectivity index (χ3n) is 4.63. The van der Waals surface area contributed by atoms with Crippen molar-refractivity contribution in [2.45, 2.75) is 37.3 Å². The van der Waals surface area contributed by atoms with E-state index in [1.807, 2.05) is 60.7 Å². The van der Waals surface area contributed by atoms with E-state index in [-0.39, 0.29) is 13.2 Å². The first-order valence-electron chi connectivity index (χ1n) is 8.91. The summed E-state index contributed by atoms with van der Waals surface area (Å²) in [6.07, 6.45) is -2.68. The van der Waals surface area contributed by atoms with Crippen molar-refractivity contribution in [2.24, 2.45) is 0 Å². The number of methoxy groups -OCH3 is 1. The molecule has 146 valence electrons. The molecule has 2 aromatic rings. The lowest BCUT2D eigenvalue weighted by molar-refractivity contribution is -0.202. The Labute approximate surface area is 158 Å². The molecule has 1 aliphatic rings. The van der Waals surface area contributed by atoms with Gasteiger partial charge in [0.1, 0.15) is 18.9 Å². The van der Waals surface area contributed by atoms with Crippen LogP contribution in [0.4, 0.5) is 4.39 Å². The fraction of sp³-hybridized carbons (Fsp3) is 0.429. The Morgan fingerprint density at radius 2 is 1.59 bits per heavy atom. The molecule has 0 amide bonds. The van der Waals surface area contributed by atoms with Gasteiger partial charge in [0.15, 0.2) is 11.9 Å². The molecule has 1 N–H and O–H groups in total. The number of rotatable bonds is 9. The molecule has 2 aromatic carbocycles. The maximum atomic E-state index is 13.7. The van der Waals surface area contributed by atoms with Gasteiger partial charge >= 0.3 is 0 Å². The smallest absolute Gasteiger partial charge is 0.191 e. The van der Waals surface area contributed by atoms with Crippen LogP contribution in [0, 0.1) is 0 Å². The fourth-order valence-electron chi connectivity index (χ4n) is 3.21. The highest BCUT2D eigenvalue weighted by Crippen LogP contribution is 2.35. The van der Waals surface area contributed by atoms with Crippen molar-refractivity contribution in [3.63, 3.8) is 0 Å². The summed E-state index contributed by atoms with van der Waals surface area (Å²) in [5.74, 6) is 0. The van der Waals surface area contributed by atoms with Gasteiger partial charge in [0.25, 0.3) is 0 Å². The van der Waals surface area contributed by atoms with Crippen LogP contribution in [0.15, 0.2) is 60.7 Å². The van der Waals surface area contributed by atoms with Gasteiger partial charge in [-0.15, -0.1) is 0 Å². The van der Waals surface area contributed by atoms with E-state index >= 15 is 0 Å². The summed E-state index contributed by atoms with van der Waals surface area (Å²) in [4.78, 5) is 0. The Morgan fingerprint density at radius 1 is 1.00 bits per heavy atom. The Balaban J connectivity index is 1.65. The van der Waals surface area contributed by atoms with Crippen LogP contribution in [0.3, 0.4) is 0 Å². The van der Waals surface area contributed by atoms with Gasteiger partial charge in [-0.3, -0.25) is 0 Å². The molecule has 4 atom stereocenters. The lowest BCUT2D eigenvalue weighted by atomic mass is 9.96. The van der Waals surface area contributed by atoms with E-state index in [0.29, 0.717) is 6.61 Å². The van der Waals surface area contributed by atoms with E-state index in [1.165, 1.54) is 7.11 Å². The topological polar surface area (TPSA) is 57.2 Å². The van der Waals surface area contributed by atoms with E-state index in [9.17, 15) is 9.50 Å². The normalized spacial score (nSPS) is 27.7. The number of hydrogen-bond acceptors (Lipinski definition) is 5. The summed E-state index contributed by atoms with van der Waals surface area (Å²) in [5.41, 5.74) is 0.0504. The highest BCUT2D eigenvalue weighted by atomic mass is 19.1. The minimum absolute atomic E-state index is 0.149. The van der Waals surface area contributed by atoms with Crippen LogP contribution in [-0.4, -0.2) is 49.6 Å². The Kier molecular flexibility index (Phi) is 6.93. The van der Waals surface area contributed by atoms with Gasteiger partial charge in [0.05, 0.1) is 19.8 Å². The van der Waals surface area contributed by atoms with Crippen LogP contribution in [-0.2, 0) is 32.2 Å². The van der Waals surface area contributed by atoms with E-state index in [4.69, 9.17) is 18.9 Å². The van der Waals surface area contributed by atoms with E-state index in [2.05, 4.69) is 0 Å². The minimum atomic E-state index is -1.88. The van der Waals surface area contributed by atoms with Crippen molar-refractivity contribution >= 4 is 0 Å². The molecule has 1 heterocycles. The van der Waals surface area contributed by atoms with E-state index in [1.54, 1.807) is 0 Å². The number of hydrogen-bond donors (Lipinski definition) is 1. The third-order valence-corrected chi connectivity index (χ3v) is 4.63. The first kappa shape index (κ1) is 19.9. The summed E-state index contributed by atoms with van der Waals surface area (Å²) < 4.78 is 36.2. The van der Waals surface area contributed by atoms with Crippen LogP contribution in [0.25, 0.3) is 0 Å². The van der Waals surface area contributed by atoms with Gasteiger partial charge in [-0.05, 0) is 11.1 Å². The van der Waals surface area contributed by atoms with Crippen molar-refractivity contribution in [1.82, 2.24) is 0 Å². The Hall–Kier alpha value is -1.83. The zero-order valence-corrected chi connectivity index (χ0v) is 15.3. The average Bonchev–Trinajstić information content (AvgIpc) is 2.99. The molecular weight excluding hydrogens is 351 g/mol. The molecule has 0 spiro atoms. The van der Waals surface area contributed by atoms with Crippen molar-refractivity contribution < 1.29 is 28.4 Å². The molecule has 5 nitrogen and oxygen atoms in total. The molecule has 0 aliphatic carbocycles. The fourth-order valence-corrected chi connectivity index (χ4v) is 3.21. The molecule has 0 bridgehead atoms. The maximum Gasteiger partial charge on any atom is 0.191 e. The van der Waals surface area contributed by atoms with Gasteiger partial charge < -0.3 is 24.1 Å². The Bertz CT molecular complexity index is 683. The summed E-state index contributed by atoms with van der Waals surface area (Å²) in [5, 5.41) is 10.8. The molecule has 0 saturated carbocycles. The number of aliphatic hydroxyl groups is 1. The quantitative estimate of drug-likeness (QED) is 0.729. The second-order valence-electron chi connectivity index (χ2n) is 6.58. The summed E-state index contributed by atoms with van der Waals surface area (Å²) in [6.45, 7) is -0.280. The molecule has 4 unspecified atom stereocenters. The van der Waals surface area contributed by atoms with Crippen LogP contribution in [0.1, 0.15) is 11.1 Å². The molecule has 6 heteroatoms. The molecule has 1 saturated heterocycles. The largest absolute Gasteiger partial charge is 0.379 e.